The normalized spacial score (nSPS) is 20.8. The summed E-state index contributed by atoms with van der Waals surface area (Å²) in [5, 5.41) is 6.81. The lowest BCUT2D eigenvalue weighted by Crippen LogP contribution is -2.36. The van der Waals surface area contributed by atoms with Crippen molar-refractivity contribution < 1.29 is 9.53 Å². The van der Waals surface area contributed by atoms with E-state index in [0.29, 0.717) is 19.7 Å². The highest BCUT2D eigenvalue weighted by Gasteiger charge is 2.23. The van der Waals surface area contributed by atoms with E-state index in [0.717, 1.165) is 25.1 Å². The highest BCUT2D eigenvalue weighted by atomic mass is 16.5. The number of nitrogens with zero attached hydrogens (tertiary/aromatic N) is 3. The summed E-state index contributed by atoms with van der Waals surface area (Å²) in [5.41, 5.74) is 0. The molecule has 1 fully saturated rings. The van der Waals surface area contributed by atoms with Crippen LogP contribution in [0.5, 0.6) is 0 Å². The van der Waals surface area contributed by atoms with Gasteiger partial charge in [0.15, 0.2) is 0 Å². The van der Waals surface area contributed by atoms with Crippen molar-refractivity contribution in [2.45, 2.75) is 39.2 Å². The molecule has 1 saturated heterocycles. The summed E-state index contributed by atoms with van der Waals surface area (Å²) < 4.78 is 5.52. The van der Waals surface area contributed by atoms with Crippen molar-refractivity contribution in [3.05, 3.63) is 11.6 Å². The molecule has 1 atom stereocenters. The van der Waals surface area contributed by atoms with Gasteiger partial charge in [-0.2, -0.15) is 0 Å². The van der Waals surface area contributed by atoms with Gasteiger partial charge in [0.05, 0.1) is 6.10 Å². The number of amides is 1. The van der Waals surface area contributed by atoms with E-state index < -0.39 is 0 Å². The first-order chi connectivity index (χ1) is 8.70. The van der Waals surface area contributed by atoms with Gasteiger partial charge in [0.25, 0.3) is 5.91 Å². The van der Waals surface area contributed by atoms with Crippen molar-refractivity contribution in [2.24, 2.45) is 0 Å². The minimum Gasteiger partial charge on any atom is -0.377 e. The maximum absolute atomic E-state index is 12.2. The molecular weight excluding hydrogens is 232 g/mol. The Morgan fingerprint density at radius 1 is 1.61 bits per heavy atom. The lowest BCUT2D eigenvalue weighted by atomic mass is 10.3. The van der Waals surface area contributed by atoms with E-state index >= 15 is 0 Å². The first-order valence-corrected chi connectivity index (χ1v) is 6.53. The zero-order valence-corrected chi connectivity index (χ0v) is 11.0. The van der Waals surface area contributed by atoms with Crippen LogP contribution in [0.3, 0.4) is 0 Å². The molecule has 2 rings (SSSR count). The minimum atomic E-state index is -0.106. The van der Waals surface area contributed by atoms with Crippen LogP contribution in [0.4, 0.5) is 0 Å². The number of carbonyl (C=O) groups excluding carboxylic acids is 1. The lowest BCUT2D eigenvalue weighted by molar-refractivity contribution is 0.0556. The average molecular weight is 252 g/mol. The van der Waals surface area contributed by atoms with Crippen molar-refractivity contribution in [1.82, 2.24) is 20.1 Å². The quantitative estimate of drug-likeness (QED) is 0.871. The molecule has 1 aromatic heterocycles. The Morgan fingerprint density at radius 3 is 3.22 bits per heavy atom. The van der Waals surface area contributed by atoms with Crippen LogP contribution < -0.4 is 0 Å². The number of carbonyl (C=O) groups is 1. The van der Waals surface area contributed by atoms with Crippen LogP contribution in [0.1, 0.15) is 43.1 Å². The molecule has 2 heterocycles. The Bertz CT molecular complexity index is 405. The van der Waals surface area contributed by atoms with Crippen LogP contribution in [-0.4, -0.2) is 51.8 Å². The number of ether oxygens (including phenoxy) is 1. The summed E-state index contributed by atoms with van der Waals surface area (Å²) in [5.74, 6) is 0.943. The molecule has 0 bridgehead atoms. The Kier molecular flexibility index (Phi) is 4.30. The largest absolute Gasteiger partial charge is 0.377 e. The fraction of sp³-hybridized carbons (Fsp3) is 0.750. The number of nitrogens with one attached hydrogen (secondary N) is 1. The van der Waals surface area contributed by atoms with Gasteiger partial charge >= 0.3 is 0 Å². The molecule has 1 aliphatic rings. The van der Waals surface area contributed by atoms with E-state index in [4.69, 9.17) is 4.74 Å². The third-order valence-corrected chi connectivity index (χ3v) is 2.95. The van der Waals surface area contributed by atoms with Crippen molar-refractivity contribution in [3.8, 4) is 0 Å². The smallest absolute Gasteiger partial charge is 0.293 e. The predicted octanol–water partition coefficient (Wildman–Crippen LogP) is 1.01. The highest BCUT2D eigenvalue weighted by molar-refractivity contribution is 5.90. The number of rotatable bonds is 3. The molecular formula is C12H20N4O2. The van der Waals surface area contributed by atoms with Crippen molar-refractivity contribution >= 4 is 5.91 Å². The molecule has 0 aliphatic carbocycles. The summed E-state index contributed by atoms with van der Waals surface area (Å²) >= 11 is 0. The van der Waals surface area contributed by atoms with Crippen LogP contribution in [0.2, 0.25) is 0 Å². The Labute approximate surface area is 107 Å². The summed E-state index contributed by atoms with van der Waals surface area (Å²) in [4.78, 5) is 18.2. The molecule has 6 nitrogen and oxygen atoms in total. The van der Waals surface area contributed by atoms with E-state index in [2.05, 4.69) is 22.1 Å². The second-order valence-electron chi connectivity index (χ2n) is 4.64. The first-order valence-electron chi connectivity index (χ1n) is 6.53. The number of H-pyrrole nitrogens is 1. The maximum atomic E-state index is 12.2. The van der Waals surface area contributed by atoms with E-state index in [-0.39, 0.29) is 17.8 Å². The zero-order valence-electron chi connectivity index (χ0n) is 11.0. The topological polar surface area (TPSA) is 71.1 Å². The van der Waals surface area contributed by atoms with Crippen molar-refractivity contribution in [2.75, 3.05) is 19.7 Å². The Morgan fingerprint density at radius 2 is 2.44 bits per heavy atom. The first kappa shape index (κ1) is 13.0. The van der Waals surface area contributed by atoms with Crippen LogP contribution in [-0.2, 0) is 11.2 Å². The van der Waals surface area contributed by atoms with Crippen LogP contribution in [0.15, 0.2) is 0 Å². The fourth-order valence-corrected chi connectivity index (χ4v) is 2.06. The van der Waals surface area contributed by atoms with E-state index in [1.165, 1.54) is 0 Å². The van der Waals surface area contributed by atoms with E-state index in [1.807, 2.05) is 6.92 Å². The summed E-state index contributed by atoms with van der Waals surface area (Å²) in [6.07, 6.45) is 2.74. The summed E-state index contributed by atoms with van der Waals surface area (Å²) in [6, 6.07) is 0. The molecule has 0 spiro atoms. The number of aromatic nitrogens is 3. The van der Waals surface area contributed by atoms with E-state index in [9.17, 15) is 4.79 Å². The minimum absolute atomic E-state index is 0.0745. The average Bonchev–Trinajstić information content (AvgIpc) is 2.70. The monoisotopic (exact) mass is 252 g/mol. The van der Waals surface area contributed by atoms with Gasteiger partial charge in [0, 0.05) is 26.1 Å². The molecule has 18 heavy (non-hydrogen) atoms. The van der Waals surface area contributed by atoms with Gasteiger partial charge < -0.3 is 9.64 Å². The standard InChI is InChI=1S/C12H20N4O2/c1-3-5-10-13-11(15-14-10)12(17)16-6-4-7-18-9(2)8-16/h9H,3-8H2,1-2H3,(H,13,14,15). The predicted molar refractivity (Wildman–Crippen MR) is 66.3 cm³/mol. The number of aromatic amines is 1. The summed E-state index contributed by atoms with van der Waals surface area (Å²) in [6.45, 7) is 6.07. The van der Waals surface area contributed by atoms with E-state index in [1.54, 1.807) is 4.90 Å². The molecule has 1 unspecified atom stereocenters. The van der Waals surface area contributed by atoms with Gasteiger partial charge in [-0.3, -0.25) is 9.89 Å². The molecule has 100 valence electrons. The van der Waals surface area contributed by atoms with Crippen LogP contribution in [0, 0.1) is 0 Å². The van der Waals surface area contributed by atoms with Crippen molar-refractivity contribution in [1.29, 1.82) is 0 Å². The molecule has 0 aromatic carbocycles. The van der Waals surface area contributed by atoms with Gasteiger partial charge in [0.2, 0.25) is 5.82 Å². The highest BCUT2D eigenvalue weighted by Crippen LogP contribution is 2.09. The third-order valence-electron chi connectivity index (χ3n) is 2.95. The molecule has 0 saturated carbocycles. The summed E-state index contributed by atoms with van der Waals surface area (Å²) in [7, 11) is 0. The zero-order chi connectivity index (χ0) is 13.0. The lowest BCUT2D eigenvalue weighted by Gasteiger charge is -2.20. The molecule has 1 amide bonds. The Hall–Kier alpha value is -1.43. The SMILES string of the molecule is CCCc1nc(C(=O)N2CCCOC(C)C2)n[nH]1. The molecule has 6 heteroatoms. The second kappa shape index (κ2) is 5.95. The Balaban J connectivity index is 2.04. The van der Waals surface area contributed by atoms with Gasteiger partial charge in [-0.15, -0.1) is 5.10 Å². The van der Waals surface area contributed by atoms with Gasteiger partial charge in [-0.25, -0.2) is 4.98 Å². The van der Waals surface area contributed by atoms with Crippen molar-refractivity contribution in [3.63, 3.8) is 0 Å². The van der Waals surface area contributed by atoms with Gasteiger partial charge in [-0.1, -0.05) is 6.92 Å². The second-order valence-corrected chi connectivity index (χ2v) is 4.64. The third kappa shape index (κ3) is 3.07. The molecule has 1 N–H and O–H groups in total. The number of hydrogen-bond acceptors (Lipinski definition) is 4. The van der Waals surface area contributed by atoms with Crippen LogP contribution >= 0.6 is 0 Å². The molecule has 0 radical (unpaired) electrons. The van der Waals surface area contributed by atoms with Gasteiger partial charge in [-0.05, 0) is 19.8 Å². The fourth-order valence-electron chi connectivity index (χ4n) is 2.06. The van der Waals surface area contributed by atoms with Crippen LogP contribution in [0.25, 0.3) is 0 Å². The maximum Gasteiger partial charge on any atom is 0.293 e. The molecule has 1 aliphatic heterocycles. The number of hydrogen-bond donors (Lipinski definition) is 1. The number of aryl methyl sites for hydroxylation is 1. The van der Waals surface area contributed by atoms with Gasteiger partial charge in [0.1, 0.15) is 5.82 Å². The molecule has 1 aromatic rings.